The normalized spacial score (nSPS) is 12.2. The lowest BCUT2D eigenvalue weighted by molar-refractivity contribution is 0.477. The average Bonchev–Trinajstić information content (AvgIpc) is 3.81. The summed E-state index contributed by atoms with van der Waals surface area (Å²) in [4.78, 5) is 2.43. The Morgan fingerprint density at radius 2 is 0.807 bits per heavy atom. The molecule has 0 bridgehead atoms. The van der Waals surface area contributed by atoms with E-state index < -0.39 is 0 Å². The molecular formula is C53H43NO3. The van der Waals surface area contributed by atoms with Gasteiger partial charge in [0.1, 0.15) is 22.7 Å². The highest BCUT2D eigenvalue weighted by atomic mass is 16.5. The Morgan fingerprint density at radius 3 is 1.23 bits per heavy atom. The molecule has 0 saturated carbocycles. The Balaban J connectivity index is 1.28. The molecule has 2 aromatic heterocycles. The number of ether oxygens (including phenoxy) is 1. The van der Waals surface area contributed by atoms with Gasteiger partial charge in [-0.2, -0.15) is 0 Å². The topological polar surface area (TPSA) is 38.8 Å². The number of anilines is 3. The van der Waals surface area contributed by atoms with Crippen molar-refractivity contribution in [3.8, 4) is 56.4 Å². The Bertz CT molecular complexity index is 2770. The van der Waals surface area contributed by atoms with Gasteiger partial charge in [0.2, 0.25) is 0 Å². The lowest BCUT2D eigenvalue weighted by atomic mass is 9.85. The van der Waals surface area contributed by atoms with Crippen LogP contribution in [0.3, 0.4) is 0 Å². The molecular weight excluding hydrogens is 699 g/mol. The summed E-state index contributed by atoms with van der Waals surface area (Å²) < 4.78 is 19.8. The van der Waals surface area contributed by atoms with Crippen LogP contribution in [0, 0.1) is 48.5 Å². The van der Waals surface area contributed by atoms with Gasteiger partial charge >= 0.3 is 0 Å². The molecule has 3 heterocycles. The number of para-hydroxylation sites is 2. The lowest BCUT2D eigenvalue weighted by Gasteiger charge is -2.37. The maximum Gasteiger partial charge on any atom is 0.152 e. The van der Waals surface area contributed by atoms with Crippen molar-refractivity contribution in [2.75, 3.05) is 4.90 Å². The Kier molecular flexibility index (Phi) is 8.02. The number of hydrogen-bond donors (Lipinski definition) is 0. The number of rotatable bonds is 5. The van der Waals surface area contributed by atoms with Crippen molar-refractivity contribution in [3.63, 3.8) is 0 Å². The number of fused-ring (bicyclic) bond motifs is 4. The van der Waals surface area contributed by atoms with Crippen molar-refractivity contribution in [2.24, 2.45) is 0 Å². The molecule has 1 aliphatic heterocycles. The van der Waals surface area contributed by atoms with Crippen LogP contribution >= 0.6 is 0 Å². The van der Waals surface area contributed by atoms with Crippen molar-refractivity contribution in [3.05, 3.63) is 172 Å². The van der Waals surface area contributed by atoms with Crippen LogP contribution in [0.4, 0.5) is 17.1 Å². The first-order chi connectivity index (χ1) is 27.6. The van der Waals surface area contributed by atoms with Gasteiger partial charge in [-0.1, -0.05) is 71.8 Å². The summed E-state index contributed by atoms with van der Waals surface area (Å²) in [7, 11) is 0. The number of aryl methyl sites for hydroxylation is 7. The predicted octanol–water partition coefficient (Wildman–Crippen LogP) is 15.6. The summed E-state index contributed by atoms with van der Waals surface area (Å²) in [5.41, 5.74) is 20.2. The molecule has 4 heteroatoms. The fourth-order valence-corrected chi connectivity index (χ4v) is 9.22. The van der Waals surface area contributed by atoms with E-state index in [1.54, 1.807) is 0 Å². The van der Waals surface area contributed by atoms with Crippen LogP contribution in [-0.4, -0.2) is 0 Å². The van der Waals surface area contributed by atoms with Gasteiger partial charge in [-0.05, 0) is 160 Å². The second kappa shape index (κ2) is 13.2. The highest BCUT2D eigenvalue weighted by Crippen LogP contribution is 2.57. The van der Waals surface area contributed by atoms with Gasteiger partial charge in [-0.25, -0.2) is 0 Å². The molecule has 9 aromatic rings. The van der Waals surface area contributed by atoms with Crippen LogP contribution in [0.25, 0.3) is 66.8 Å². The summed E-state index contributed by atoms with van der Waals surface area (Å²) in [6.45, 7) is 15.5. The van der Waals surface area contributed by atoms with Crippen LogP contribution in [0.15, 0.2) is 142 Å². The molecule has 57 heavy (non-hydrogen) atoms. The molecule has 4 nitrogen and oxygen atoms in total. The Hall–Kier alpha value is -6.78. The third-order valence-corrected chi connectivity index (χ3v) is 11.4. The SMILES string of the molecule is Cc1cc(C)c(-c2cc(C)cc(-c3c(C)cc(C)cc3C)c2N2c3ccc(-c4cc5ccccc5o4)cc3Oc3cc(-c4cc5ccccc5o4)ccc32)c(C)c1. The largest absolute Gasteiger partial charge is 0.456 e. The molecule has 10 rings (SSSR count). The van der Waals surface area contributed by atoms with E-state index in [1.807, 2.05) is 36.4 Å². The highest BCUT2D eigenvalue weighted by molar-refractivity contribution is 6.03. The van der Waals surface area contributed by atoms with Crippen molar-refractivity contribution >= 4 is 39.0 Å². The van der Waals surface area contributed by atoms with Crippen molar-refractivity contribution in [2.45, 2.75) is 48.5 Å². The smallest absolute Gasteiger partial charge is 0.152 e. The number of benzene rings is 7. The molecule has 0 spiro atoms. The summed E-state index contributed by atoms with van der Waals surface area (Å²) in [6, 6.07) is 47.3. The van der Waals surface area contributed by atoms with E-state index in [4.69, 9.17) is 13.6 Å². The summed E-state index contributed by atoms with van der Waals surface area (Å²) >= 11 is 0. The first-order valence-electron chi connectivity index (χ1n) is 19.6. The van der Waals surface area contributed by atoms with Crippen LogP contribution in [0.5, 0.6) is 11.5 Å². The maximum absolute atomic E-state index is 7.02. The molecule has 0 unspecified atom stereocenters. The summed E-state index contributed by atoms with van der Waals surface area (Å²) in [5.74, 6) is 3.08. The molecule has 0 radical (unpaired) electrons. The number of nitrogens with zero attached hydrogens (tertiary/aromatic N) is 1. The van der Waals surface area contributed by atoms with E-state index in [-0.39, 0.29) is 0 Å². The maximum atomic E-state index is 7.02. The van der Waals surface area contributed by atoms with Gasteiger partial charge in [0.15, 0.2) is 11.5 Å². The van der Waals surface area contributed by atoms with Crippen molar-refractivity contribution < 1.29 is 13.6 Å². The molecule has 1 aliphatic rings. The lowest BCUT2D eigenvalue weighted by Crippen LogP contribution is -2.18. The fraction of sp³-hybridized carbons (Fsp3) is 0.132. The molecule has 0 fully saturated rings. The van der Waals surface area contributed by atoms with Gasteiger partial charge in [0.05, 0.1) is 17.1 Å². The third kappa shape index (κ3) is 5.83. The van der Waals surface area contributed by atoms with Crippen LogP contribution in [0.1, 0.15) is 38.9 Å². The summed E-state index contributed by atoms with van der Waals surface area (Å²) in [6.07, 6.45) is 0. The second-order valence-corrected chi connectivity index (χ2v) is 15.9. The monoisotopic (exact) mass is 741 g/mol. The minimum atomic E-state index is 0.745. The number of hydrogen-bond acceptors (Lipinski definition) is 4. The van der Waals surface area contributed by atoms with Crippen LogP contribution in [0.2, 0.25) is 0 Å². The van der Waals surface area contributed by atoms with E-state index >= 15 is 0 Å². The van der Waals surface area contributed by atoms with Crippen molar-refractivity contribution in [1.82, 2.24) is 0 Å². The minimum absolute atomic E-state index is 0.745. The zero-order chi connectivity index (χ0) is 39.1. The zero-order valence-electron chi connectivity index (χ0n) is 33.4. The second-order valence-electron chi connectivity index (χ2n) is 15.9. The molecule has 7 aromatic carbocycles. The Labute approximate surface area is 333 Å². The minimum Gasteiger partial charge on any atom is -0.456 e. The quantitative estimate of drug-likeness (QED) is 0.176. The molecule has 0 atom stereocenters. The first-order valence-corrected chi connectivity index (χ1v) is 19.6. The predicted molar refractivity (Wildman–Crippen MR) is 236 cm³/mol. The first kappa shape index (κ1) is 34.7. The molecule has 278 valence electrons. The van der Waals surface area contributed by atoms with Gasteiger partial charge in [-0.15, -0.1) is 0 Å². The number of furan rings is 2. The average molecular weight is 742 g/mol. The molecule has 0 amide bonds. The summed E-state index contributed by atoms with van der Waals surface area (Å²) in [5, 5.41) is 2.13. The van der Waals surface area contributed by atoms with E-state index in [1.165, 1.54) is 61.2 Å². The van der Waals surface area contributed by atoms with E-state index in [2.05, 4.69) is 150 Å². The van der Waals surface area contributed by atoms with E-state index in [9.17, 15) is 0 Å². The van der Waals surface area contributed by atoms with Crippen LogP contribution in [-0.2, 0) is 0 Å². The zero-order valence-corrected chi connectivity index (χ0v) is 33.4. The van der Waals surface area contributed by atoms with Gasteiger partial charge in [0, 0.05) is 33.0 Å². The van der Waals surface area contributed by atoms with Crippen LogP contribution < -0.4 is 9.64 Å². The highest BCUT2D eigenvalue weighted by Gasteiger charge is 2.32. The molecule has 0 N–H and O–H groups in total. The third-order valence-electron chi connectivity index (χ3n) is 11.4. The van der Waals surface area contributed by atoms with Gasteiger partial charge < -0.3 is 18.5 Å². The standard InChI is InChI=1S/C53H43NO3/c1-30-20-33(4)51(34(5)21-30)41-24-32(3)25-42(52-35(6)22-31(2)23-36(52)7)53(41)54-43-18-16-39(47-26-37-12-8-10-14-45(37)55-47)28-49(43)57-50-29-40(17-19-44(50)54)48-27-38-13-9-11-15-46(38)56-48/h8-29H,1-7H3. The molecule has 0 saturated heterocycles. The molecule has 0 aliphatic carbocycles. The fourth-order valence-electron chi connectivity index (χ4n) is 9.22. The van der Waals surface area contributed by atoms with Gasteiger partial charge in [0.25, 0.3) is 0 Å². The Morgan fingerprint density at radius 1 is 0.404 bits per heavy atom. The van der Waals surface area contributed by atoms with Crippen molar-refractivity contribution in [1.29, 1.82) is 0 Å². The van der Waals surface area contributed by atoms with E-state index in [0.29, 0.717) is 0 Å². The van der Waals surface area contributed by atoms with Gasteiger partial charge in [-0.3, -0.25) is 0 Å². The van der Waals surface area contributed by atoms with E-state index in [0.717, 1.165) is 73.1 Å².